The fraction of sp³-hybridized carbons (Fsp3) is 0.143. The standard InChI is InChI=1S/C21H17N3O3/c1-13-5-4-6-16-19(14-9-11-15(12-10-14)21(25)23-24-26)22-17-7-2-3-8-18(17)27-20(13)16/h2-9,11H,10,12H2,1H3,(H,23,25,26). The number of amides is 1. The van der Waals surface area contributed by atoms with Gasteiger partial charge in [-0.05, 0) is 49.1 Å². The van der Waals surface area contributed by atoms with Gasteiger partial charge in [0.15, 0.2) is 5.75 Å². The van der Waals surface area contributed by atoms with Crippen molar-refractivity contribution in [3.8, 4) is 11.5 Å². The fourth-order valence-electron chi connectivity index (χ4n) is 3.28. The summed E-state index contributed by atoms with van der Waals surface area (Å²) in [4.78, 5) is 26.9. The normalized spacial score (nSPS) is 15.1. The molecular formula is C21H17N3O3. The predicted molar refractivity (Wildman–Crippen MR) is 103 cm³/mol. The van der Waals surface area contributed by atoms with Gasteiger partial charge in [-0.1, -0.05) is 36.4 Å². The number of benzene rings is 2. The first-order valence-electron chi connectivity index (χ1n) is 8.65. The number of hydrogen-bond donors (Lipinski definition) is 1. The highest BCUT2D eigenvalue weighted by Crippen LogP contribution is 2.41. The van der Waals surface area contributed by atoms with Crippen LogP contribution in [0, 0.1) is 11.8 Å². The molecule has 1 aliphatic heterocycles. The lowest BCUT2D eigenvalue weighted by molar-refractivity contribution is -0.117. The molecule has 2 aromatic carbocycles. The molecule has 0 saturated carbocycles. The first-order valence-corrected chi connectivity index (χ1v) is 8.65. The third-order valence-corrected chi connectivity index (χ3v) is 4.67. The summed E-state index contributed by atoms with van der Waals surface area (Å²) in [6.07, 6.45) is 4.74. The maximum Gasteiger partial charge on any atom is 0.269 e. The number of aryl methyl sites for hydroxylation is 1. The van der Waals surface area contributed by atoms with E-state index in [0.717, 1.165) is 33.8 Å². The van der Waals surface area contributed by atoms with Crippen molar-refractivity contribution in [1.29, 1.82) is 0 Å². The van der Waals surface area contributed by atoms with Crippen LogP contribution in [0.2, 0.25) is 0 Å². The van der Waals surface area contributed by atoms with Crippen molar-refractivity contribution >= 4 is 17.3 Å². The smallest absolute Gasteiger partial charge is 0.269 e. The van der Waals surface area contributed by atoms with Gasteiger partial charge in [-0.3, -0.25) is 4.79 Å². The minimum absolute atomic E-state index is 0.465. The highest BCUT2D eigenvalue weighted by atomic mass is 16.5. The van der Waals surface area contributed by atoms with E-state index < -0.39 is 5.91 Å². The van der Waals surface area contributed by atoms with Gasteiger partial charge < -0.3 is 4.74 Å². The summed E-state index contributed by atoms with van der Waals surface area (Å²) in [5.74, 6) is 1.04. The number of nitroso groups, excluding NO2 is 1. The van der Waals surface area contributed by atoms with E-state index in [1.807, 2.05) is 60.9 Å². The summed E-state index contributed by atoms with van der Waals surface area (Å²) >= 11 is 0. The van der Waals surface area contributed by atoms with Gasteiger partial charge in [-0.2, -0.15) is 0 Å². The van der Waals surface area contributed by atoms with Crippen LogP contribution in [-0.4, -0.2) is 11.6 Å². The van der Waals surface area contributed by atoms with Crippen molar-refractivity contribution in [3.63, 3.8) is 0 Å². The number of carbonyl (C=O) groups excluding carboxylic acids is 1. The molecule has 27 heavy (non-hydrogen) atoms. The van der Waals surface area contributed by atoms with Crippen LogP contribution in [0.1, 0.15) is 24.0 Å². The number of hydrogen-bond acceptors (Lipinski definition) is 5. The van der Waals surface area contributed by atoms with E-state index >= 15 is 0 Å². The lowest BCUT2D eigenvalue weighted by Crippen LogP contribution is -2.20. The van der Waals surface area contributed by atoms with Gasteiger partial charge in [0.05, 0.1) is 11.0 Å². The molecule has 1 N–H and O–H groups in total. The Hall–Kier alpha value is -3.54. The summed E-state index contributed by atoms with van der Waals surface area (Å²) in [6, 6.07) is 13.7. The number of carbonyl (C=O) groups is 1. The van der Waals surface area contributed by atoms with Crippen molar-refractivity contribution in [2.75, 3.05) is 0 Å². The zero-order chi connectivity index (χ0) is 18.8. The monoisotopic (exact) mass is 359 g/mol. The summed E-state index contributed by atoms with van der Waals surface area (Å²) in [5, 5.41) is 2.45. The number of fused-ring (bicyclic) bond motifs is 2. The second-order valence-electron chi connectivity index (χ2n) is 6.40. The quantitative estimate of drug-likeness (QED) is 0.639. The van der Waals surface area contributed by atoms with E-state index in [9.17, 15) is 9.70 Å². The predicted octanol–water partition coefficient (Wildman–Crippen LogP) is 4.67. The van der Waals surface area contributed by atoms with E-state index in [0.29, 0.717) is 24.2 Å². The van der Waals surface area contributed by atoms with Gasteiger partial charge in [0.25, 0.3) is 5.91 Å². The average Bonchev–Trinajstić information content (AvgIpc) is 2.86. The molecule has 134 valence electrons. The Morgan fingerprint density at radius 2 is 1.96 bits per heavy atom. The van der Waals surface area contributed by atoms with E-state index in [1.54, 1.807) is 6.08 Å². The van der Waals surface area contributed by atoms with E-state index in [4.69, 9.17) is 9.73 Å². The molecule has 0 saturated heterocycles. The lowest BCUT2D eigenvalue weighted by Gasteiger charge is -2.17. The minimum atomic E-state index is -0.465. The largest absolute Gasteiger partial charge is 0.454 e. The maximum absolute atomic E-state index is 11.8. The Bertz CT molecular complexity index is 1030. The van der Waals surface area contributed by atoms with E-state index in [2.05, 4.69) is 5.29 Å². The highest BCUT2D eigenvalue weighted by Gasteiger charge is 2.24. The number of rotatable bonds is 3. The van der Waals surface area contributed by atoms with Gasteiger partial charge >= 0.3 is 0 Å². The average molecular weight is 359 g/mol. The topological polar surface area (TPSA) is 80.1 Å². The van der Waals surface area contributed by atoms with Crippen LogP contribution < -0.4 is 10.2 Å². The summed E-state index contributed by atoms with van der Waals surface area (Å²) in [7, 11) is 0. The molecule has 0 aromatic heterocycles. The molecule has 1 heterocycles. The highest BCUT2D eigenvalue weighted by molar-refractivity contribution is 6.16. The first-order chi connectivity index (χ1) is 13.2. The second-order valence-corrected chi connectivity index (χ2v) is 6.40. The second kappa shape index (κ2) is 6.99. The molecule has 0 spiro atoms. The Morgan fingerprint density at radius 3 is 2.74 bits per heavy atom. The zero-order valence-electron chi connectivity index (χ0n) is 14.7. The maximum atomic E-state index is 11.8. The number of nitrogens with one attached hydrogen (secondary N) is 1. The van der Waals surface area contributed by atoms with Crippen LogP contribution in [0.4, 0.5) is 5.69 Å². The SMILES string of the molecule is Cc1cccc2c1Oc1ccccc1N=C2C1=CC=C(C(=O)NN=O)CC1. The van der Waals surface area contributed by atoms with Crippen molar-refractivity contribution in [3.05, 3.63) is 81.8 Å². The number of ether oxygens (including phenoxy) is 1. The molecule has 6 nitrogen and oxygen atoms in total. The summed E-state index contributed by atoms with van der Waals surface area (Å²) in [6.45, 7) is 2.01. The number of nitrogens with zero attached hydrogens (tertiary/aromatic N) is 2. The Labute approximate surface area is 156 Å². The van der Waals surface area contributed by atoms with Crippen molar-refractivity contribution in [2.24, 2.45) is 10.3 Å². The third kappa shape index (κ3) is 3.17. The van der Waals surface area contributed by atoms with Crippen LogP contribution in [0.5, 0.6) is 11.5 Å². The van der Waals surface area contributed by atoms with Crippen LogP contribution in [0.25, 0.3) is 0 Å². The summed E-state index contributed by atoms with van der Waals surface area (Å²) < 4.78 is 6.18. The van der Waals surface area contributed by atoms with Gasteiger partial charge in [-0.25, -0.2) is 10.4 Å². The molecule has 0 unspecified atom stereocenters. The van der Waals surface area contributed by atoms with Crippen LogP contribution in [0.15, 0.2) is 76.0 Å². The first kappa shape index (κ1) is 16.9. The number of aliphatic imine (C=N–C) groups is 1. The molecule has 0 atom stereocenters. The minimum Gasteiger partial charge on any atom is -0.454 e. The van der Waals surface area contributed by atoms with Crippen LogP contribution in [0.3, 0.4) is 0 Å². The molecule has 0 radical (unpaired) electrons. The lowest BCUT2D eigenvalue weighted by atomic mass is 9.90. The molecule has 4 rings (SSSR count). The van der Waals surface area contributed by atoms with Crippen LogP contribution >= 0.6 is 0 Å². The number of para-hydroxylation sites is 3. The molecule has 2 aliphatic rings. The van der Waals surface area contributed by atoms with Gasteiger partial charge in [-0.15, -0.1) is 4.91 Å². The molecule has 2 aromatic rings. The van der Waals surface area contributed by atoms with Gasteiger partial charge in [0.1, 0.15) is 11.4 Å². The molecule has 6 heteroatoms. The molecule has 0 fully saturated rings. The van der Waals surface area contributed by atoms with E-state index in [1.165, 1.54) is 0 Å². The molecule has 1 amide bonds. The zero-order valence-corrected chi connectivity index (χ0v) is 14.7. The van der Waals surface area contributed by atoms with Crippen molar-refractivity contribution in [2.45, 2.75) is 19.8 Å². The third-order valence-electron chi connectivity index (χ3n) is 4.67. The summed E-state index contributed by atoms with van der Waals surface area (Å²) in [5.41, 5.74) is 7.03. The van der Waals surface area contributed by atoms with Crippen LogP contribution in [-0.2, 0) is 4.79 Å². The Morgan fingerprint density at radius 1 is 1.11 bits per heavy atom. The Balaban J connectivity index is 1.82. The molecule has 1 aliphatic carbocycles. The van der Waals surface area contributed by atoms with Gasteiger partial charge in [0.2, 0.25) is 0 Å². The molecule has 0 bridgehead atoms. The fourth-order valence-corrected chi connectivity index (χ4v) is 3.28. The van der Waals surface area contributed by atoms with Gasteiger partial charge in [0, 0.05) is 11.1 Å². The van der Waals surface area contributed by atoms with Crippen molar-refractivity contribution < 1.29 is 9.53 Å². The van der Waals surface area contributed by atoms with Crippen molar-refractivity contribution in [1.82, 2.24) is 5.43 Å². The Kier molecular flexibility index (Phi) is 4.38. The number of allylic oxidation sites excluding steroid dienone is 3. The van der Waals surface area contributed by atoms with E-state index in [-0.39, 0.29) is 0 Å². The molecular weight excluding hydrogens is 342 g/mol.